The van der Waals surface area contributed by atoms with E-state index in [1.54, 1.807) is 24.3 Å². The van der Waals surface area contributed by atoms with E-state index in [-0.39, 0.29) is 9.79 Å². The van der Waals surface area contributed by atoms with E-state index in [1.807, 2.05) is 0 Å². The highest BCUT2D eigenvalue weighted by atomic mass is 32.2. The van der Waals surface area contributed by atoms with Crippen LogP contribution in [-0.4, -0.2) is 30.9 Å². The van der Waals surface area contributed by atoms with E-state index in [1.165, 1.54) is 62.6 Å². The van der Waals surface area contributed by atoms with Crippen LogP contribution in [-0.2, 0) is 20.0 Å². The standard InChI is InChI=1S/C20H22N4O4S2/c1-23(29(25,26)19-7-3-5-15(21)13-19)17-9-11-18(12-10-17)24(2)30(27,28)20-8-4-6-16(22)14-20/h3-14H,21-22H2,1-2H3. The molecule has 0 amide bonds. The molecular formula is C20H22N4O4S2. The summed E-state index contributed by atoms with van der Waals surface area (Å²) in [5.74, 6) is 0. The highest BCUT2D eigenvalue weighted by Gasteiger charge is 2.24. The van der Waals surface area contributed by atoms with E-state index in [0.717, 1.165) is 8.61 Å². The summed E-state index contributed by atoms with van der Waals surface area (Å²) in [6.07, 6.45) is 0. The molecule has 0 atom stereocenters. The maximum absolute atomic E-state index is 12.8. The first-order valence-electron chi connectivity index (χ1n) is 8.82. The summed E-state index contributed by atoms with van der Waals surface area (Å²) >= 11 is 0. The lowest BCUT2D eigenvalue weighted by Gasteiger charge is -2.22. The maximum Gasteiger partial charge on any atom is 0.264 e. The lowest BCUT2D eigenvalue weighted by atomic mass is 10.3. The average molecular weight is 447 g/mol. The summed E-state index contributed by atoms with van der Waals surface area (Å²) in [5.41, 5.74) is 12.8. The van der Waals surface area contributed by atoms with Gasteiger partial charge in [0.15, 0.2) is 0 Å². The second-order valence-electron chi connectivity index (χ2n) is 6.61. The second-order valence-corrected chi connectivity index (χ2v) is 10.5. The Labute approximate surface area is 176 Å². The molecule has 0 saturated heterocycles. The van der Waals surface area contributed by atoms with Crippen LogP contribution in [0.2, 0.25) is 0 Å². The molecule has 0 spiro atoms. The molecule has 0 aromatic heterocycles. The van der Waals surface area contributed by atoms with Crippen LogP contribution in [0.4, 0.5) is 22.7 Å². The number of benzene rings is 3. The van der Waals surface area contributed by atoms with Crippen LogP contribution in [0.5, 0.6) is 0 Å². The molecule has 4 N–H and O–H groups in total. The summed E-state index contributed by atoms with van der Waals surface area (Å²) < 4.78 is 53.5. The molecule has 0 bridgehead atoms. The molecule has 3 aromatic carbocycles. The highest BCUT2D eigenvalue weighted by Crippen LogP contribution is 2.28. The number of hydrogen-bond acceptors (Lipinski definition) is 6. The van der Waals surface area contributed by atoms with Gasteiger partial charge in [-0.25, -0.2) is 16.8 Å². The van der Waals surface area contributed by atoms with Crippen molar-refractivity contribution in [2.45, 2.75) is 9.79 Å². The highest BCUT2D eigenvalue weighted by molar-refractivity contribution is 7.93. The van der Waals surface area contributed by atoms with Crippen LogP contribution < -0.4 is 20.1 Å². The van der Waals surface area contributed by atoms with Gasteiger partial charge in [-0.15, -0.1) is 0 Å². The first-order chi connectivity index (χ1) is 14.0. The minimum Gasteiger partial charge on any atom is -0.399 e. The third kappa shape index (κ3) is 4.05. The molecule has 3 aromatic rings. The van der Waals surface area contributed by atoms with E-state index in [4.69, 9.17) is 11.5 Å². The minimum absolute atomic E-state index is 0.0652. The number of anilines is 4. The third-order valence-corrected chi connectivity index (χ3v) is 8.17. The SMILES string of the molecule is CN(c1ccc(N(C)S(=O)(=O)c2cccc(N)c2)cc1)S(=O)(=O)c1cccc(N)c1. The molecule has 8 nitrogen and oxygen atoms in total. The number of nitrogens with zero attached hydrogens (tertiary/aromatic N) is 2. The summed E-state index contributed by atoms with van der Waals surface area (Å²) in [5, 5.41) is 0. The number of rotatable bonds is 6. The third-order valence-electron chi connectivity index (χ3n) is 4.61. The Morgan fingerprint density at radius 2 is 0.933 bits per heavy atom. The Hall–Kier alpha value is -3.24. The van der Waals surface area contributed by atoms with Crippen molar-refractivity contribution in [2.75, 3.05) is 34.2 Å². The molecule has 0 radical (unpaired) electrons. The Kier molecular flexibility index (Phi) is 5.64. The minimum atomic E-state index is -3.82. The Morgan fingerprint density at radius 1 is 0.600 bits per heavy atom. The summed E-state index contributed by atoms with van der Waals surface area (Å²) in [6, 6.07) is 18.1. The molecule has 0 fully saturated rings. The molecule has 3 rings (SSSR count). The van der Waals surface area contributed by atoms with Crippen LogP contribution in [0, 0.1) is 0 Å². The molecule has 0 unspecified atom stereocenters. The van der Waals surface area contributed by atoms with E-state index in [9.17, 15) is 16.8 Å². The van der Waals surface area contributed by atoms with Crippen LogP contribution in [0.15, 0.2) is 82.6 Å². The van der Waals surface area contributed by atoms with Crippen molar-refractivity contribution in [3.8, 4) is 0 Å². The van der Waals surface area contributed by atoms with E-state index >= 15 is 0 Å². The van der Waals surface area contributed by atoms with Gasteiger partial charge in [0.2, 0.25) is 0 Å². The van der Waals surface area contributed by atoms with Gasteiger partial charge in [0.25, 0.3) is 20.0 Å². The monoisotopic (exact) mass is 446 g/mol. The van der Waals surface area contributed by atoms with Gasteiger partial charge >= 0.3 is 0 Å². The predicted molar refractivity (Wildman–Crippen MR) is 119 cm³/mol. The number of sulfonamides is 2. The molecule has 0 aliphatic heterocycles. The average Bonchev–Trinajstić information content (AvgIpc) is 2.72. The zero-order chi connectivity index (χ0) is 22.1. The Balaban J connectivity index is 1.89. The van der Waals surface area contributed by atoms with Crippen molar-refractivity contribution in [3.05, 3.63) is 72.8 Å². The van der Waals surface area contributed by atoms with Crippen molar-refractivity contribution < 1.29 is 16.8 Å². The molecule has 0 saturated carbocycles. The quantitative estimate of drug-likeness (QED) is 0.560. The molecule has 0 aliphatic carbocycles. The zero-order valence-electron chi connectivity index (χ0n) is 16.4. The summed E-state index contributed by atoms with van der Waals surface area (Å²) in [4.78, 5) is 0.130. The first-order valence-corrected chi connectivity index (χ1v) is 11.7. The fourth-order valence-electron chi connectivity index (χ4n) is 2.82. The molecule has 0 heterocycles. The fourth-order valence-corrected chi connectivity index (χ4v) is 5.32. The molecule has 30 heavy (non-hydrogen) atoms. The van der Waals surface area contributed by atoms with E-state index in [0.29, 0.717) is 22.7 Å². The summed E-state index contributed by atoms with van der Waals surface area (Å²) in [7, 11) is -4.80. The molecule has 10 heteroatoms. The van der Waals surface area contributed by atoms with E-state index in [2.05, 4.69) is 0 Å². The Bertz CT molecular complexity index is 1170. The number of hydrogen-bond donors (Lipinski definition) is 2. The van der Waals surface area contributed by atoms with Crippen LogP contribution in [0.3, 0.4) is 0 Å². The Morgan fingerprint density at radius 3 is 1.23 bits per heavy atom. The molecule has 158 valence electrons. The first kappa shape index (κ1) is 21.5. The maximum atomic E-state index is 12.8. The van der Waals surface area contributed by atoms with Gasteiger partial charge in [-0.05, 0) is 60.7 Å². The van der Waals surface area contributed by atoms with Gasteiger partial charge in [0.05, 0.1) is 21.2 Å². The largest absolute Gasteiger partial charge is 0.399 e. The number of nitrogens with two attached hydrogens (primary N) is 2. The fraction of sp³-hybridized carbons (Fsp3) is 0.100. The van der Waals surface area contributed by atoms with E-state index < -0.39 is 20.0 Å². The normalized spacial score (nSPS) is 11.8. The molecular weight excluding hydrogens is 424 g/mol. The van der Waals surface area contributed by atoms with Gasteiger partial charge < -0.3 is 11.5 Å². The van der Waals surface area contributed by atoms with Crippen molar-refractivity contribution in [3.63, 3.8) is 0 Å². The van der Waals surface area contributed by atoms with Crippen LogP contribution in [0.25, 0.3) is 0 Å². The van der Waals surface area contributed by atoms with Crippen molar-refractivity contribution in [1.82, 2.24) is 0 Å². The lowest BCUT2D eigenvalue weighted by molar-refractivity contribution is 0.592. The van der Waals surface area contributed by atoms with Crippen LogP contribution in [0.1, 0.15) is 0 Å². The van der Waals surface area contributed by atoms with Gasteiger partial charge in [0.1, 0.15) is 0 Å². The topological polar surface area (TPSA) is 127 Å². The number of nitrogen functional groups attached to an aromatic ring is 2. The van der Waals surface area contributed by atoms with Crippen molar-refractivity contribution in [1.29, 1.82) is 0 Å². The zero-order valence-corrected chi connectivity index (χ0v) is 18.1. The summed E-state index contributed by atoms with van der Waals surface area (Å²) in [6.45, 7) is 0. The van der Waals surface area contributed by atoms with Crippen molar-refractivity contribution in [2.24, 2.45) is 0 Å². The van der Waals surface area contributed by atoms with Crippen molar-refractivity contribution >= 4 is 42.8 Å². The second kappa shape index (κ2) is 7.88. The van der Waals surface area contributed by atoms with Crippen LogP contribution >= 0.6 is 0 Å². The van der Waals surface area contributed by atoms with Gasteiger partial charge in [-0.2, -0.15) is 0 Å². The van der Waals surface area contributed by atoms with Gasteiger partial charge in [-0.1, -0.05) is 12.1 Å². The predicted octanol–water partition coefficient (Wildman–Crippen LogP) is 2.50. The lowest BCUT2D eigenvalue weighted by Crippen LogP contribution is -2.28. The smallest absolute Gasteiger partial charge is 0.264 e. The molecule has 0 aliphatic rings. The van der Waals surface area contributed by atoms with Gasteiger partial charge in [-0.3, -0.25) is 8.61 Å². The van der Waals surface area contributed by atoms with Gasteiger partial charge in [0, 0.05) is 25.5 Å².